The zero-order valence-electron chi connectivity index (χ0n) is 19.1. The van der Waals surface area contributed by atoms with Crippen LogP contribution in [-0.2, 0) is 19.9 Å². The molecule has 0 fully saturated rings. The molecular weight excluding hydrogens is 567 g/mol. The van der Waals surface area contributed by atoms with E-state index in [1.165, 1.54) is 30.3 Å². The number of sulfone groups is 1. The topological polar surface area (TPSA) is 143 Å². The predicted molar refractivity (Wildman–Crippen MR) is 141 cm³/mol. The Morgan fingerprint density at radius 1 is 1.00 bits per heavy atom. The number of fused-ring (bicyclic) bond motifs is 1. The zero-order chi connectivity index (χ0) is 27.1. The van der Waals surface area contributed by atoms with Crippen LogP contribution in [0.4, 0.5) is 20.6 Å². The van der Waals surface area contributed by atoms with E-state index in [1.54, 1.807) is 17.8 Å². The molecule has 0 unspecified atom stereocenters. The molecule has 194 valence electrons. The Bertz CT molecular complexity index is 1830. The molecule has 0 saturated carbocycles. The molecule has 15 heteroatoms. The molecule has 0 atom stereocenters. The van der Waals surface area contributed by atoms with Crippen LogP contribution in [0.3, 0.4) is 0 Å². The second-order valence-corrected chi connectivity index (χ2v) is 13.3. The van der Waals surface area contributed by atoms with Crippen LogP contribution in [0.5, 0.6) is 0 Å². The van der Waals surface area contributed by atoms with E-state index in [-0.39, 0.29) is 35.6 Å². The summed E-state index contributed by atoms with van der Waals surface area (Å²) in [5, 5.41) is 5.31. The average Bonchev–Trinajstić information content (AvgIpc) is 3.26. The number of nitrogens with one attached hydrogen (secondary N) is 3. The van der Waals surface area contributed by atoms with Gasteiger partial charge in [-0.1, -0.05) is 11.6 Å². The number of halogens is 2. The van der Waals surface area contributed by atoms with E-state index in [4.69, 9.17) is 11.6 Å². The SMILES string of the molecule is CNc1ccc2c(=O)n(-c3ccc(NC(=O)NS(=O)(=O)c4ccc(Cl)s4)cc3F)cc(S(C)(=O)=O)c2c1. The van der Waals surface area contributed by atoms with Crippen molar-refractivity contribution in [2.24, 2.45) is 0 Å². The molecule has 0 radical (unpaired) electrons. The van der Waals surface area contributed by atoms with Crippen molar-refractivity contribution in [3.63, 3.8) is 0 Å². The van der Waals surface area contributed by atoms with Crippen LogP contribution in [0, 0.1) is 5.82 Å². The molecule has 2 aromatic heterocycles. The van der Waals surface area contributed by atoms with Crippen molar-refractivity contribution in [2.75, 3.05) is 23.9 Å². The number of carbonyl (C=O) groups excluding carboxylic acids is 1. The van der Waals surface area contributed by atoms with Crippen LogP contribution in [0.25, 0.3) is 16.5 Å². The highest BCUT2D eigenvalue weighted by atomic mass is 35.5. The fourth-order valence-electron chi connectivity index (χ4n) is 3.49. The van der Waals surface area contributed by atoms with E-state index in [0.717, 1.165) is 40.5 Å². The van der Waals surface area contributed by atoms with Gasteiger partial charge in [0, 0.05) is 41.6 Å². The Kier molecular flexibility index (Phi) is 7.03. The first-order chi connectivity index (χ1) is 17.3. The second kappa shape index (κ2) is 9.78. The number of sulfonamides is 1. The normalized spacial score (nSPS) is 11.9. The maximum absolute atomic E-state index is 15.1. The van der Waals surface area contributed by atoms with E-state index >= 15 is 4.39 Å². The molecule has 4 rings (SSSR count). The third kappa shape index (κ3) is 5.46. The van der Waals surface area contributed by atoms with Crippen molar-refractivity contribution >= 4 is 71.0 Å². The minimum absolute atomic E-state index is 0.0572. The molecule has 10 nitrogen and oxygen atoms in total. The lowest BCUT2D eigenvalue weighted by Crippen LogP contribution is -2.34. The van der Waals surface area contributed by atoms with Gasteiger partial charge in [-0.2, -0.15) is 0 Å². The molecule has 0 saturated heterocycles. The summed E-state index contributed by atoms with van der Waals surface area (Å²) < 4.78 is 67.3. The quantitative estimate of drug-likeness (QED) is 0.313. The first kappa shape index (κ1) is 26.6. The molecule has 0 bridgehead atoms. The number of anilines is 2. The fraction of sp³-hybridized carbons (Fsp3) is 0.0909. The summed E-state index contributed by atoms with van der Waals surface area (Å²) >= 11 is 6.48. The molecular formula is C22H18ClFN4O6S3. The predicted octanol–water partition coefficient (Wildman–Crippen LogP) is 3.80. The number of thiophene rings is 1. The van der Waals surface area contributed by atoms with Crippen LogP contribution in [0.1, 0.15) is 0 Å². The number of hydrogen-bond donors (Lipinski definition) is 3. The lowest BCUT2D eigenvalue weighted by Gasteiger charge is -2.14. The van der Waals surface area contributed by atoms with Gasteiger partial charge in [-0.15, -0.1) is 11.3 Å². The third-order valence-corrected chi connectivity index (χ3v) is 9.35. The first-order valence-electron chi connectivity index (χ1n) is 10.3. The average molecular weight is 585 g/mol. The highest BCUT2D eigenvalue weighted by Crippen LogP contribution is 2.27. The smallest absolute Gasteiger partial charge is 0.333 e. The van der Waals surface area contributed by atoms with Crippen LogP contribution in [0.15, 0.2) is 68.6 Å². The number of nitrogens with zero attached hydrogens (tertiary/aromatic N) is 1. The van der Waals surface area contributed by atoms with Gasteiger partial charge in [0.2, 0.25) is 0 Å². The van der Waals surface area contributed by atoms with Crippen LogP contribution < -0.4 is 20.9 Å². The molecule has 2 heterocycles. The van der Waals surface area contributed by atoms with Crippen LogP contribution >= 0.6 is 22.9 Å². The largest absolute Gasteiger partial charge is 0.388 e. The molecule has 2 amide bonds. The van der Waals surface area contributed by atoms with Gasteiger partial charge in [0.25, 0.3) is 15.6 Å². The highest BCUT2D eigenvalue weighted by molar-refractivity contribution is 7.92. The van der Waals surface area contributed by atoms with Crippen LogP contribution in [0.2, 0.25) is 4.34 Å². The molecule has 0 spiro atoms. The molecule has 4 aromatic rings. The monoisotopic (exact) mass is 584 g/mol. The van der Waals surface area contributed by atoms with Gasteiger partial charge in [-0.25, -0.2) is 30.7 Å². The summed E-state index contributed by atoms with van der Waals surface area (Å²) in [5.74, 6) is -0.974. The summed E-state index contributed by atoms with van der Waals surface area (Å²) in [6.07, 6.45) is 2.01. The maximum Gasteiger partial charge on any atom is 0.333 e. The number of benzene rings is 2. The third-order valence-electron chi connectivity index (χ3n) is 5.17. The summed E-state index contributed by atoms with van der Waals surface area (Å²) in [7, 11) is -6.38. The van der Waals surface area contributed by atoms with E-state index in [9.17, 15) is 26.4 Å². The van der Waals surface area contributed by atoms with Crippen molar-refractivity contribution in [3.8, 4) is 5.69 Å². The number of aromatic nitrogens is 1. The number of carbonyl (C=O) groups is 1. The van der Waals surface area contributed by atoms with Crippen molar-refractivity contribution in [3.05, 3.63) is 75.2 Å². The number of rotatable bonds is 6. The Labute approximate surface area is 219 Å². The van der Waals surface area contributed by atoms with Crippen molar-refractivity contribution in [2.45, 2.75) is 9.10 Å². The highest BCUT2D eigenvalue weighted by Gasteiger charge is 2.21. The Hall–Kier alpha value is -3.46. The Morgan fingerprint density at radius 2 is 1.70 bits per heavy atom. The molecule has 3 N–H and O–H groups in total. The molecule has 0 aliphatic carbocycles. The minimum Gasteiger partial charge on any atom is -0.388 e. The van der Waals surface area contributed by atoms with Gasteiger partial charge < -0.3 is 10.6 Å². The lowest BCUT2D eigenvalue weighted by atomic mass is 10.1. The first-order valence-corrected chi connectivity index (χ1v) is 14.8. The van der Waals surface area contributed by atoms with E-state index in [2.05, 4.69) is 10.6 Å². The molecule has 37 heavy (non-hydrogen) atoms. The number of amides is 2. The number of hydrogen-bond acceptors (Lipinski definition) is 8. The van der Waals surface area contributed by atoms with Gasteiger partial charge in [0.1, 0.15) is 10.0 Å². The van der Waals surface area contributed by atoms with Crippen LogP contribution in [-0.4, -0.2) is 40.7 Å². The zero-order valence-corrected chi connectivity index (χ0v) is 22.3. The van der Waals surface area contributed by atoms with Gasteiger partial charge in [0.15, 0.2) is 9.84 Å². The molecule has 0 aliphatic heterocycles. The summed E-state index contributed by atoms with van der Waals surface area (Å²) in [5.41, 5.74) is -0.475. The standard InChI is InChI=1S/C22H18ClFN4O6S3/c1-25-12-3-5-14-15(9-12)18(36(2,31)32)11-28(21(14)29)17-6-4-13(10-16(17)24)26-22(30)27-37(33,34)20-8-7-19(23)35-20/h3-11,25H,1-2H3,(H2,26,27,30). The summed E-state index contributed by atoms with van der Waals surface area (Å²) in [4.78, 5) is 25.2. The minimum atomic E-state index is -4.20. The summed E-state index contributed by atoms with van der Waals surface area (Å²) in [6, 6.07) is 9.21. The number of urea groups is 1. The van der Waals surface area contributed by atoms with E-state index in [0.29, 0.717) is 5.69 Å². The maximum atomic E-state index is 15.1. The van der Waals surface area contributed by atoms with Gasteiger partial charge in [0.05, 0.1) is 14.9 Å². The van der Waals surface area contributed by atoms with Crippen molar-refractivity contribution < 1.29 is 26.0 Å². The number of pyridine rings is 1. The fourth-order valence-corrected chi connectivity index (χ4v) is 6.75. The van der Waals surface area contributed by atoms with Crippen molar-refractivity contribution in [1.82, 2.24) is 9.29 Å². The Balaban J connectivity index is 1.69. The summed E-state index contributed by atoms with van der Waals surface area (Å²) in [6.45, 7) is 0. The van der Waals surface area contributed by atoms with Gasteiger partial charge in [-0.05, 0) is 48.5 Å². The van der Waals surface area contributed by atoms with E-state index < -0.39 is 37.3 Å². The second-order valence-electron chi connectivity index (χ2n) is 7.74. The van der Waals surface area contributed by atoms with Crippen molar-refractivity contribution in [1.29, 1.82) is 0 Å². The Morgan fingerprint density at radius 3 is 2.30 bits per heavy atom. The van der Waals surface area contributed by atoms with Gasteiger partial charge in [-0.3, -0.25) is 9.36 Å². The van der Waals surface area contributed by atoms with E-state index in [1.807, 2.05) is 0 Å². The molecule has 0 aliphatic rings. The van der Waals surface area contributed by atoms with Gasteiger partial charge >= 0.3 is 6.03 Å². The molecule has 2 aromatic carbocycles. The lowest BCUT2D eigenvalue weighted by molar-refractivity contribution is 0.256.